The Labute approximate surface area is 203 Å². The second-order valence-electron chi connectivity index (χ2n) is 7.93. The molecule has 0 unspecified atom stereocenters. The van der Waals surface area contributed by atoms with Crippen LogP contribution in [0.1, 0.15) is 21.5 Å². The number of ether oxygens (including phenoxy) is 3. The molecule has 0 amide bonds. The van der Waals surface area contributed by atoms with Crippen molar-refractivity contribution < 1.29 is 23.9 Å². The summed E-state index contributed by atoms with van der Waals surface area (Å²) < 4.78 is 16.5. The first-order valence-corrected chi connectivity index (χ1v) is 11.2. The van der Waals surface area contributed by atoms with Gasteiger partial charge in [-0.2, -0.15) is 0 Å². The number of methoxy groups -OCH3 is 1. The number of benzene rings is 3. The van der Waals surface area contributed by atoms with Crippen molar-refractivity contribution in [2.45, 2.75) is 6.61 Å². The first-order chi connectivity index (χ1) is 17.0. The van der Waals surface area contributed by atoms with Gasteiger partial charge in [0.05, 0.1) is 25.2 Å². The lowest BCUT2D eigenvalue weighted by molar-refractivity contribution is -0.385. The molecule has 0 saturated carbocycles. The number of allylic oxidation sites excluding steroid dienone is 1. The lowest BCUT2D eigenvalue weighted by Crippen LogP contribution is -2.36. The second kappa shape index (κ2) is 11.3. The van der Waals surface area contributed by atoms with Crippen LogP contribution in [0.3, 0.4) is 0 Å². The van der Waals surface area contributed by atoms with Crippen molar-refractivity contribution in [3.8, 4) is 11.5 Å². The Bertz CT molecular complexity index is 1220. The number of hydrogen-bond donors (Lipinski definition) is 0. The van der Waals surface area contributed by atoms with Crippen molar-refractivity contribution in [1.29, 1.82) is 0 Å². The fraction of sp³-hybridized carbons (Fsp3) is 0.222. The van der Waals surface area contributed by atoms with Gasteiger partial charge in [0.25, 0.3) is 0 Å². The highest BCUT2D eigenvalue weighted by atomic mass is 16.6. The molecule has 1 saturated heterocycles. The molecule has 35 heavy (non-hydrogen) atoms. The summed E-state index contributed by atoms with van der Waals surface area (Å²) in [6.45, 7) is 3.18. The molecule has 0 aromatic heterocycles. The van der Waals surface area contributed by atoms with Crippen LogP contribution in [-0.4, -0.2) is 44.1 Å². The average Bonchev–Trinajstić information content (AvgIpc) is 2.91. The van der Waals surface area contributed by atoms with Gasteiger partial charge in [-0.3, -0.25) is 14.9 Å². The van der Waals surface area contributed by atoms with E-state index in [1.54, 1.807) is 37.5 Å². The van der Waals surface area contributed by atoms with Gasteiger partial charge in [-0.1, -0.05) is 24.3 Å². The molecular weight excluding hydrogens is 448 g/mol. The van der Waals surface area contributed by atoms with Crippen LogP contribution in [0.5, 0.6) is 11.5 Å². The number of morpholine rings is 1. The number of ketones is 1. The molecule has 3 aromatic carbocycles. The monoisotopic (exact) mass is 474 g/mol. The summed E-state index contributed by atoms with van der Waals surface area (Å²) in [5.41, 5.74) is 3.06. The summed E-state index contributed by atoms with van der Waals surface area (Å²) in [5.74, 6) is 0.661. The van der Waals surface area contributed by atoms with Crippen LogP contribution >= 0.6 is 0 Å². The molecule has 3 aromatic rings. The molecule has 0 atom stereocenters. The summed E-state index contributed by atoms with van der Waals surface area (Å²) in [6.07, 6.45) is 3.25. The van der Waals surface area contributed by atoms with Crippen molar-refractivity contribution in [2.24, 2.45) is 0 Å². The molecule has 0 spiro atoms. The Hall–Kier alpha value is -4.17. The molecule has 0 bridgehead atoms. The molecule has 1 aliphatic heterocycles. The Morgan fingerprint density at radius 1 is 1.06 bits per heavy atom. The van der Waals surface area contributed by atoms with Gasteiger partial charge in [-0.25, -0.2) is 0 Å². The van der Waals surface area contributed by atoms with E-state index < -0.39 is 4.92 Å². The molecule has 1 aliphatic rings. The number of hydrogen-bond acceptors (Lipinski definition) is 7. The summed E-state index contributed by atoms with van der Waals surface area (Å²) in [5, 5.41) is 11.2. The van der Waals surface area contributed by atoms with Crippen LogP contribution in [0.2, 0.25) is 0 Å². The predicted octanol–water partition coefficient (Wildman–Crippen LogP) is 4.92. The van der Waals surface area contributed by atoms with E-state index in [9.17, 15) is 14.9 Å². The first kappa shape index (κ1) is 24.0. The largest absolute Gasteiger partial charge is 0.496 e. The van der Waals surface area contributed by atoms with Gasteiger partial charge in [-0.15, -0.1) is 0 Å². The standard InChI is InChI=1S/C27H26N2O6/c1-33-26-13-7-20(18-22(26)19-35-27-5-3-2-4-24(27)29(31)32)6-12-25(30)21-8-10-23(11-9-21)28-14-16-34-17-15-28/h2-13,18H,14-17,19H2,1H3/b12-6+. The molecule has 1 fully saturated rings. The van der Waals surface area contributed by atoms with E-state index in [0.717, 1.165) is 24.3 Å². The van der Waals surface area contributed by atoms with Crippen molar-refractivity contribution in [1.82, 2.24) is 0 Å². The van der Waals surface area contributed by atoms with Gasteiger partial charge >= 0.3 is 5.69 Å². The Morgan fingerprint density at radius 2 is 1.80 bits per heavy atom. The highest BCUT2D eigenvalue weighted by Crippen LogP contribution is 2.29. The lowest BCUT2D eigenvalue weighted by atomic mass is 10.1. The van der Waals surface area contributed by atoms with Gasteiger partial charge in [0.2, 0.25) is 0 Å². The van der Waals surface area contributed by atoms with E-state index in [2.05, 4.69) is 4.90 Å². The quantitative estimate of drug-likeness (QED) is 0.188. The highest BCUT2D eigenvalue weighted by molar-refractivity contribution is 6.07. The number of nitro benzene ring substituents is 1. The van der Waals surface area contributed by atoms with E-state index >= 15 is 0 Å². The highest BCUT2D eigenvalue weighted by Gasteiger charge is 2.15. The SMILES string of the molecule is COc1ccc(/C=C/C(=O)c2ccc(N3CCOCC3)cc2)cc1COc1ccccc1[N+](=O)[O-]. The maximum atomic E-state index is 12.7. The van der Waals surface area contributed by atoms with E-state index in [0.29, 0.717) is 30.1 Å². The predicted molar refractivity (Wildman–Crippen MR) is 133 cm³/mol. The van der Waals surface area contributed by atoms with Crippen molar-refractivity contribution >= 4 is 23.2 Å². The van der Waals surface area contributed by atoms with Gasteiger partial charge in [0.15, 0.2) is 11.5 Å². The topological polar surface area (TPSA) is 91.1 Å². The van der Waals surface area contributed by atoms with E-state index in [1.165, 1.54) is 12.1 Å². The smallest absolute Gasteiger partial charge is 0.310 e. The zero-order chi connectivity index (χ0) is 24.6. The number of nitrogens with zero attached hydrogens (tertiary/aromatic N) is 2. The molecule has 0 aliphatic carbocycles. The maximum Gasteiger partial charge on any atom is 0.310 e. The van der Waals surface area contributed by atoms with E-state index in [1.807, 2.05) is 36.4 Å². The van der Waals surface area contributed by atoms with E-state index in [-0.39, 0.29) is 23.8 Å². The van der Waals surface area contributed by atoms with Gasteiger partial charge in [0.1, 0.15) is 12.4 Å². The lowest BCUT2D eigenvalue weighted by Gasteiger charge is -2.28. The van der Waals surface area contributed by atoms with Gasteiger partial charge in [0, 0.05) is 36.0 Å². The minimum atomic E-state index is -0.481. The summed E-state index contributed by atoms with van der Waals surface area (Å²) in [4.78, 5) is 25.7. The maximum absolute atomic E-state index is 12.7. The Morgan fingerprint density at radius 3 is 2.51 bits per heavy atom. The van der Waals surface area contributed by atoms with Crippen LogP contribution in [0.4, 0.5) is 11.4 Å². The fourth-order valence-corrected chi connectivity index (χ4v) is 3.83. The van der Waals surface area contributed by atoms with E-state index in [4.69, 9.17) is 14.2 Å². The second-order valence-corrected chi connectivity index (χ2v) is 7.93. The van der Waals surface area contributed by atoms with Crippen LogP contribution in [0, 0.1) is 10.1 Å². The van der Waals surface area contributed by atoms with Crippen LogP contribution in [0.25, 0.3) is 6.08 Å². The molecule has 180 valence electrons. The molecule has 0 N–H and O–H groups in total. The molecule has 1 heterocycles. The Kier molecular flexibility index (Phi) is 7.74. The minimum absolute atomic E-state index is 0.0760. The van der Waals surface area contributed by atoms with Crippen LogP contribution in [-0.2, 0) is 11.3 Å². The van der Waals surface area contributed by atoms with Crippen molar-refractivity contribution in [2.75, 3.05) is 38.3 Å². The number of nitro groups is 1. The van der Waals surface area contributed by atoms with Crippen molar-refractivity contribution in [3.05, 3.63) is 99.6 Å². The normalized spacial score (nSPS) is 13.6. The third-order valence-corrected chi connectivity index (χ3v) is 5.70. The first-order valence-electron chi connectivity index (χ1n) is 11.2. The minimum Gasteiger partial charge on any atom is -0.496 e. The number of para-hydroxylation sites is 2. The zero-order valence-electron chi connectivity index (χ0n) is 19.4. The van der Waals surface area contributed by atoms with Gasteiger partial charge in [-0.05, 0) is 54.1 Å². The fourth-order valence-electron chi connectivity index (χ4n) is 3.83. The Balaban J connectivity index is 1.44. The molecule has 8 nitrogen and oxygen atoms in total. The molecular formula is C27H26N2O6. The third-order valence-electron chi connectivity index (χ3n) is 5.70. The third kappa shape index (κ3) is 6.04. The molecule has 4 rings (SSSR count). The molecule has 0 radical (unpaired) electrons. The summed E-state index contributed by atoms with van der Waals surface area (Å²) >= 11 is 0. The number of carbonyl (C=O) groups excluding carboxylic acids is 1. The summed E-state index contributed by atoms with van der Waals surface area (Å²) in [6, 6.07) is 19.2. The number of rotatable bonds is 9. The van der Waals surface area contributed by atoms with Gasteiger partial charge < -0.3 is 19.1 Å². The number of carbonyl (C=O) groups is 1. The average molecular weight is 475 g/mol. The van der Waals surface area contributed by atoms with Crippen LogP contribution in [0.15, 0.2) is 72.8 Å². The number of anilines is 1. The summed E-state index contributed by atoms with van der Waals surface area (Å²) in [7, 11) is 1.55. The van der Waals surface area contributed by atoms with Crippen LogP contribution < -0.4 is 14.4 Å². The van der Waals surface area contributed by atoms with Crippen molar-refractivity contribution in [3.63, 3.8) is 0 Å². The molecule has 8 heteroatoms. The zero-order valence-corrected chi connectivity index (χ0v) is 19.4.